The number of ether oxygens (including phenoxy) is 1. The Morgan fingerprint density at radius 2 is 1.69 bits per heavy atom. The van der Waals surface area contributed by atoms with Gasteiger partial charge in [-0.2, -0.15) is 0 Å². The lowest BCUT2D eigenvalue weighted by Gasteiger charge is -2.37. The molecule has 26 heavy (non-hydrogen) atoms. The van der Waals surface area contributed by atoms with Crippen molar-refractivity contribution in [2.45, 2.75) is 32.8 Å². The highest BCUT2D eigenvalue weighted by atomic mass is 32.2. The monoisotopic (exact) mass is 374 g/mol. The smallest absolute Gasteiger partial charge is 0.410 e. The Bertz CT molecular complexity index is 744. The average molecular weight is 375 g/mol. The summed E-state index contributed by atoms with van der Waals surface area (Å²) in [5.74, 6) is 0.138. The van der Waals surface area contributed by atoms with E-state index in [0.717, 1.165) is 21.7 Å². The van der Waals surface area contributed by atoms with Crippen LogP contribution in [0.25, 0.3) is 0 Å². The minimum Gasteiger partial charge on any atom is -0.444 e. The molecular formula is C20H26N2O3S. The molecule has 1 aromatic rings. The number of hydrogen-bond donors (Lipinski definition) is 0. The van der Waals surface area contributed by atoms with Crippen molar-refractivity contribution in [3.63, 3.8) is 0 Å². The number of thioether (sulfide) groups is 1. The van der Waals surface area contributed by atoms with Crippen LogP contribution >= 0.6 is 11.8 Å². The van der Waals surface area contributed by atoms with Crippen molar-refractivity contribution < 1.29 is 14.3 Å². The number of rotatable bonds is 2. The molecule has 1 fully saturated rings. The molecule has 0 spiro atoms. The van der Waals surface area contributed by atoms with Crippen molar-refractivity contribution >= 4 is 23.6 Å². The van der Waals surface area contributed by atoms with Gasteiger partial charge in [0.05, 0.1) is 5.03 Å². The lowest BCUT2D eigenvalue weighted by molar-refractivity contribution is 0.0173. The number of nitrogens with zero attached hydrogens (tertiary/aromatic N) is 2. The molecule has 3 rings (SSSR count). The van der Waals surface area contributed by atoms with Crippen molar-refractivity contribution in [1.82, 2.24) is 9.80 Å². The predicted molar refractivity (Wildman–Crippen MR) is 104 cm³/mol. The van der Waals surface area contributed by atoms with E-state index in [-0.39, 0.29) is 11.9 Å². The Morgan fingerprint density at radius 3 is 2.27 bits per heavy atom. The zero-order valence-corrected chi connectivity index (χ0v) is 16.7. The van der Waals surface area contributed by atoms with Crippen LogP contribution in [0.5, 0.6) is 0 Å². The van der Waals surface area contributed by atoms with E-state index in [4.69, 9.17) is 4.74 Å². The van der Waals surface area contributed by atoms with Gasteiger partial charge in [-0.1, -0.05) is 24.3 Å². The maximum Gasteiger partial charge on any atom is 0.410 e. The van der Waals surface area contributed by atoms with Gasteiger partial charge in [-0.15, -0.1) is 11.8 Å². The molecule has 5 nitrogen and oxygen atoms in total. The summed E-state index contributed by atoms with van der Waals surface area (Å²) in [7, 11) is 0. The molecule has 1 aliphatic heterocycles. The molecule has 1 aromatic carbocycles. The Hall–Kier alpha value is -1.95. The number of fused-ring (bicyclic) bond motifs is 1. The summed E-state index contributed by atoms with van der Waals surface area (Å²) in [4.78, 5) is 29.0. The van der Waals surface area contributed by atoms with Gasteiger partial charge >= 0.3 is 6.09 Å². The number of ketones is 1. The van der Waals surface area contributed by atoms with Crippen LogP contribution in [0.3, 0.4) is 0 Å². The predicted octanol–water partition coefficient (Wildman–Crippen LogP) is 3.55. The fourth-order valence-electron chi connectivity index (χ4n) is 3.36. The fraction of sp³-hybridized carbons (Fsp3) is 0.500. The van der Waals surface area contributed by atoms with Gasteiger partial charge in [0.15, 0.2) is 5.78 Å². The van der Waals surface area contributed by atoms with Gasteiger partial charge in [-0.25, -0.2) is 4.79 Å². The highest BCUT2D eigenvalue weighted by Crippen LogP contribution is 2.33. The number of carbonyl (C=O) groups is 2. The maximum atomic E-state index is 12.8. The van der Waals surface area contributed by atoms with Gasteiger partial charge in [0.2, 0.25) is 0 Å². The van der Waals surface area contributed by atoms with Crippen LogP contribution in [0.1, 0.15) is 36.7 Å². The summed E-state index contributed by atoms with van der Waals surface area (Å²) >= 11 is 1.62. The second kappa shape index (κ2) is 7.35. The molecule has 1 amide bonds. The Kier molecular flexibility index (Phi) is 5.32. The number of benzene rings is 1. The molecule has 0 radical (unpaired) electrons. The third kappa shape index (κ3) is 3.90. The fourth-order valence-corrected chi connectivity index (χ4v) is 4.22. The van der Waals surface area contributed by atoms with Crippen LogP contribution in [0.2, 0.25) is 0 Å². The molecule has 6 heteroatoms. The molecule has 0 aromatic heterocycles. The van der Waals surface area contributed by atoms with Gasteiger partial charge < -0.3 is 14.5 Å². The number of allylic oxidation sites excluding steroid dienone is 1. The first-order valence-corrected chi connectivity index (χ1v) is 10.2. The van der Waals surface area contributed by atoms with E-state index in [2.05, 4.69) is 4.90 Å². The van der Waals surface area contributed by atoms with E-state index in [1.807, 2.05) is 51.3 Å². The Morgan fingerprint density at radius 1 is 1.08 bits per heavy atom. The third-order valence-corrected chi connectivity index (χ3v) is 5.46. The summed E-state index contributed by atoms with van der Waals surface area (Å²) in [6, 6.07) is 7.83. The molecule has 140 valence electrons. The maximum absolute atomic E-state index is 12.8. The second-order valence-electron chi connectivity index (χ2n) is 7.61. The van der Waals surface area contributed by atoms with Crippen molar-refractivity contribution in [2.75, 3.05) is 32.4 Å². The normalized spacial score (nSPS) is 19.5. The molecule has 0 bridgehead atoms. The number of hydrogen-bond acceptors (Lipinski definition) is 5. The first kappa shape index (κ1) is 18.8. The van der Waals surface area contributed by atoms with Gasteiger partial charge in [0, 0.05) is 43.7 Å². The lowest BCUT2D eigenvalue weighted by atomic mass is 10.1. The van der Waals surface area contributed by atoms with E-state index in [1.165, 1.54) is 0 Å². The molecule has 0 saturated carbocycles. The third-order valence-electron chi connectivity index (χ3n) is 4.57. The highest BCUT2D eigenvalue weighted by molar-refractivity contribution is 8.02. The first-order chi connectivity index (χ1) is 12.3. The van der Waals surface area contributed by atoms with Crippen LogP contribution in [0, 0.1) is 0 Å². The van der Waals surface area contributed by atoms with Crippen molar-refractivity contribution in [1.29, 1.82) is 0 Å². The second-order valence-corrected chi connectivity index (χ2v) is 8.40. The number of amides is 1. The minimum atomic E-state index is -0.483. The number of Topliss-reactive ketones (excluding diaryl/α,β-unsaturated/α-hetero) is 1. The molecule has 1 heterocycles. The van der Waals surface area contributed by atoms with Crippen LogP contribution in [-0.2, 0) is 11.2 Å². The largest absolute Gasteiger partial charge is 0.444 e. The molecular weight excluding hydrogens is 348 g/mol. The molecule has 0 atom stereocenters. The molecule has 1 saturated heterocycles. The topological polar surface area (TPSA) is 49.9 Å². The number of carbonyl (C=O) groups excluding carboxylic acids is 2. The quantitative estimate of drug-likeness (QED) is 0.741. The molecule has 1 aliphatic carbocycles. The van der Waals surface area contributed by atoms with Gasteiger partial charge in [0.1, 0.15) is 5.60 Å². The summed E-state index contributed by atoms with van der Waals surface area (Å²) in [5.41, 5.74) is 2.32. The minimum absolute atomic E-state index is 0.138. The molecule has 0 unspecified atom stereocenters. The molecule has 2 aliphatic rings. The van der Waals surface area contributed by atoms with Crippen LogP contribution in [0.4, 0.5) is 4.79 Å². The van der Waals surface area contributed by atoms with Crippen molar-refractivity contribution in [3.8, 4) is 0 Å². The van der Waals surface area contributed by atoms with Crippen molar-refractivity contribution in [2.24, 2.45) is 0 Å². The average Bonchev–Trinajstić information content (AvgIpc) is 2.92. The summed E-state index contributed by atoms with van der Waals surface area (Å²) in [6.45, 7) is 8.26. The SMILES string of the molecule is CSC(=C1Cc2ccccc2C1=O)N1CCN(C(=O)OC(C)(C)C)CC1. The summed E-state index contributed by atoms with van der Waals surface area (Å²) < 4.78 is 5.46. The molecule has 0 N–H and O–H groups in total. The standard InChI is InChI=1S/C20H26N2O3S/c1-20(2,3)25-19(24)22-11-9-21(10-12-22)18(26-4)16-13-14-7-5-6-8-15(14)17(16)23/h5-8H,9-13H2,1-4H3. The summed E-state index contributed by atoms with van der Waals surface area (Å²) in [5, 5.41) is 1.04. The van der Waals surface area contributed by atoms with E-state index in [9.17, 15) is 9.59 Å². The van der Waals surface area contributed by atoms with E-state index >= 15 is 0 Å². The van der Waals surface area contributed by atoms with E-state index in [0.29, 0.717) is 32.6 Å². The summed E-state index contributed by atoms with van der Waals surface area (Å²) in [6.07, 6.45) is 2.44. The van der Waals surface area contributed by atoms with Crippen LogP contribution < -0.4 is 0 Å². The van der Waals surface area contributed by atoms with Crippen molar-refractivity contribution in [3.05, 3.63) is 46.0 Å². The van der Waals surface area contributed by atoms with Crippen LogP contribution in [0.15, 0.2) is 34.9 Å². The van der Waals surface area contributed by atoms with Gasteiger partial charge in [-0.05, 0) is 32.6 Å². The van der Waals surface area contributed by atoms with E-state index in [1.54, 1.807) is 16.7 Å². The highest BCUT2D eigenvalue weighted by Gasteiger charge is 2.31. The first-order valence-electron chi connectivity index (χ1n) is 8.93. The zero-order valence-electron chi connectivity index (χ0n) is 15.9. The van der Waals surface area contributed by atoms with Gasteiger partial charge in [-0.3, -0.25) is 4.79 Å². The lowest BCUT2D eigenvalue weighted by Crippen LogP contribution is -2.49. The van der Waals surface area contributed by atoms with Gasteiger partial charge in [0.25, 0.3) is 0 Å². The van der Waals surface area contributed by atoms with E-state index < -0.39 is 5.60 Å². The Labute approximate surface area is 159 Å². The Balaban J connectivity index is 1.70. The zero-order chi connectivity index (χ0) is 18.9. The number of piperazine rings is 1. The van der Waals surface area contributed by atoms with Crippen LogP contribution in [-0.4, -0.2) is 59.7 Å².